The Morgan fingerprint density at radius 2 is 1.81 bits per heavy atom. The number of para-hydroxylation sites is 1. The molecule has 1 amide bonds. The second-order valence-corrected chi connectivity index (χ2v) is 5.45. The number of carbonyl (C=O) groups is 1. The second-order valence-electron chi connectivity index (χ2n) is 5.45. The number of hydrogen-bond donors (Lipinski definition) is 0. The fourth-order valence-corrected chi connectivity index (χ4v) is 2.91. The normalized spacial score (nSPS) is 15.1. The molecule has 0 aromatic heterocycles. The number of nitriles is 1. The average Bonchev–Trinajstić information content (AvgIpc) is 2.56. The first-order chi connectivity index (χ1) is 10.2. The topological polar surface area (TPSA) is 47.3 Å². The highest BCUT2D eigenvalue weighted by molar-refractivity contribution is 5.79. The smallest absolute Gasteiger partial charge is 0.225 e. The molecule has 1 aliphatic rings. The maximum absolute atomic E-state index is 12.4. The molecule has 2 rings (SSSR count). The van der Waals surface area contributed by atoms with Gasteiger partial charge in [-0.1, -0.05) is 26.0 Å². The molecule has 0 unspecified atom stereocenters. The van der Waals surface area contributed by atoms with Crippen molar-refractivity contribution < 1.29 is 4.79 Å². The molecular weight excluding hydrogens is 262 g/mol. The Morgan fingerprint density at radius 3 is 2.38 bits per heavy atom. The Morgan fingerprint density at radius 1 is 1.19 bits per heavy atom. The molecule has 0 N–H and O–H groups in total. The molecule has 1 aromatic rings. The summed E-state index contributed by atoms with van der Waals surface area (Å²) in [7, 11) is 0. The van der Waals surface area contributed by atoms with Gasteiger partial charge in [-0.2, -0.15) is 5.26 Å². The Labute approximate surface area is 127 Å². The van der Waals surface area contributed by atoms with Crippen molar-refractivity contribution in [2.75, 3.05) is 31.1 Å². The van der Waals surface area contributed by atoms with Crippen LogP contribution in [0.25, 0.3) is 0 Å². The lowest BCUT2D eigenvalue weighted by molar-refractivity contribution is -0.136. The average molecular weight is 285 g/mol. The highest BCUT2D eigenvalue weighted by Crippen LogP contribution is 2.22. The van der Waals surface area contributed by atoms with Crippen LogP contribution in [0.3, 0.4) is 0 Å². The fraction of sp³-hybridized carbons (Fsp3) is 0.529. The standard InChI is InChI=1S/C17H23N3O/c1-3-14(4-2)17(21)20-11-9-19(10-12-20)16-8-6-5-7-15(16)13-18/h5-8,14H,3-4,9-12H2,1-2H3. The number of anilines is 1. The summed E-state index contributed by atoms with van der Waals surface area (Å²) in [4.78, 5) is 16.6. The first kappa shape index (κ1) is 15.4. The summed E-state index contributed by atoms with van der Waals surface area (Å²) >= 11 is 0. The van der Waals surface area contributed by atoms with Gasteiger partial charge in [0.1, 0.15) is 6.07 Å². The quantitative estimate of drug-likeness (QED) is 0.854. The molecule has 0 atom stereocenters. The van der Waals surface area contributed by atoms with Crippen molar-refractivity contribution in [3.8, 4) is 6.07 Å². The van der Waals surface area contributed by atoms with Gasteiger partial charge in [-0.15, -0.1) is 0 Å². The number of rotatable bonds is 4. The number of amides is 1. The number of carbonyl (C=O) groups excluding carboxylic acids is 1. The number of benzene rings is 1. The highest BCUT2D eigenvalue weighted by atomic mass is 16.2. The van der Waals surface area contributed by atoms with Crippen LogP contribution in [-0.4, -0.2) is 37.0 Å². The monoisotopic (exact) mass is 285 g/mol. The van der Waals surface area contributed by atoms with Crippen LogP contribution in [-0.2, 0) is 4.79 Å². The van der Waals surface area contributed by atoms with Crippen molar-refractivity contribution in [1.82, 2.24) is 4.90 Å². The van der Waals surface area contributed by atoms with Crippen molar-refractivity contribution in [1.29, 1.82) is 5.26 Å². The van der Waals surface area contributed by atoms with E-state index in [2.05, 4.69) is 24.8 Å². The summed E-state index contributed by atoms with van der Waals surface area (Å²) in [5.74, 6) is 0.441. The van der Waals surface area contributed by atoms with E-state index >= 15 is 0 Å². The minimum absolute atomic E-state index is 0.156. The maximum atomic E-state index is 12.4. The van der Waals surface area contributed by atoms with Crippen molar-refractivity contribution in [3.05, 3.63) is 29.8 Å². The first-order valence-electron chi connectivity index (χ1n) is 7.74. The van der Waals surface area contributed by atoms with Crippen molar-refractivity contribution in [2.45, 2.75) is 26.7 Å². The van der Waals surface area contributed by atoms with Gasteiger partial charge in [0.2, 0.25) is 5.91 Å². The number of hydrogen-bond acceptors (Lipinski definition) is 3. The molecule has 112 valence electrons. The van der Waals surface area contributed by atoms with E-state index in [0.717, 1.165) is 44.7 Å². The molecule has 1 saturated heterocycles. The Hall–Kier alpha value is -2.02. The maximum Gasteiger partial charge on any atom is 0.225 e. The van der Waals surface area contributed by atoms with Gasteiger partial charge in [0, 0.05) is 32.1 Å². The third-order valence-electron chi connectivity index (χ3n) is 4.29. The van der Waals surface area contributed by atoms with Gasteiger partial charge in [-0.3, -0.25) is 4.79 Å². The third-order valence-corrected chi connectivity index (χ3v) is 4.29. The van der Waals surface area contributed by atoms with Gasteiger partial charge in [-0.25, -0.2) is 0 Å². The Kier molecular flexibility index (Phi) is 5.21. The Balaban J connectivity index is 2.01. The van der Waals surface area contributed by atoms with E-state index in [1.54, 1.807) is 0 Å². The molecule has 0 radical (unpaired) electrons. The fourth-order valence-electron chi connectivity index (χ4n) is 2.91. The van der Waals surface area contributed by atoms with Crippen LogP contribution in [0.2, 0.25) is 0 Å². The van der Waals surface area contributed by atoms with E-state index in [-0.39, 0.29) is 11.8 Å². The van der Waals surface area contributed by atoms with E-state index in [9.17, 15) is 10.1 Å². The van der Waals surface area contributed by atoms with Crippen LogP contribution in [0.15, 0.2) is 24.3 Å². The van der Waals surface area contributed by atoms with Gasteiger partial charge < -0.3 is 9.80 Å². The van der Waals surface area contributed by atoms with Crippen LogP contribution >= 0.6 is 0 Å². The second kappa shape index (κ2) is 7.12. The predicted octanol–water partition coefficient (Wildman–Crippen LogP) is 2.64. The molecule has 0 bridgehead atoms. The van der Waals surface area contributed by atoms with E-state index in [4.69, 9.17) is 0 Å². The SMILES string of the molecule is CCC(CC)C(=O)N1CCN(c2ccccc2C#N)CC1. The molecule has 4 nitrogen and oxygen atoms in total. The van der Waals surface area contributed by atoms with Crippen LogP contribution in [0.1, 0.15) is 32.3 Å². The van der Waals surface area contributed by atoms with E-state index in [1.165, 1.54) is 0 Å². The zero-order valence-corrected chi connectivity index (χ0v) is 12.9. The van der Waals surface area contributed by atoms with Crippen LogP contribution < -0.4 is 4.90 Å². The van der Waals surface area contributed by atoms with Crippen molar-refractivity contribution >= 4 is 11.6 Å². The van der Waals surface area contributed by atoms with Gasteiger partial charge in [-0.05, 0) is 25.0 Å². The predicted molar refractivity (Wildman–Crippen MR) is 84.0 cm³/mol. The third kappa shape index (κ3) is 3.36. The molecule has 0 spiro atoms. The van der Waals surface area contributed by atoms with E-state index in [0.29, 0.717) is 5.56 Å². The molecule has 1 aromatic carbocycles. The molecule has 1 fully saturated rings. The summed E-state index contributed by atoms with van der Waals surface area (Å²) < 4.78 is 0. The lowest BCUT2D eigenvalue weighted by Gasteiger charge is -2.37. The summed E-state index contributed by atoms with van der Waals surface area (Å²) in [5.41, 5.74) is 1.69. The molecule has 0 saturated carbocycles. The molecule has 0 aliphatic carbocycles. The molecular formula is C17H23N3O. The van der Waals surface area contributed by atoms with Crippen LogP contribution in [0.4, 0.5) is 5.69 Å². The molecule has 1 aliphatic heterocycles. The summed E-state index contributed by atoms with van der Waals surface area (Å²) in [6.45, 7) is 7.23. The number of piperazine rings is 1. The minimum atomic E-state index is 0.156. The largest absolute Gasteiger partial charge is 0.367 e. The van der Waals surface area contributed by atoms with Gasteiger partial charge in [0.15, 0.2) is 0 Å². The van der Waals surface area contributed by atoms with Gasteiger partial charge in [0.05, 0.1) is 11.3 Å². The van der Waals surface area contributed by atoms with Crippen LogP contribution in [0, 0.1) is 17.2 Å². The highest BCUT2D eigenvalue weighted by Gasteiger charge is 2.26. The first-order valence-corrected chi connectivity index (χ1v) is 7.74. The summed E-state index contributed by atoms with van der Waals surface area (Å²) in [6.07, 6.45) is 1.82. The zero-order chi connectivity index (χ0) is 15.2. The van der Waals surface area contributed by atoms with E-state index < -0.39 is 0 Å². The molecule has 21 heavy (non-hydrogen) atoms. The summed E-state index contributed by atoms with van der Waals surface area (Å²) in [6, 6.07) is 9.91. The molecule has 1 heterocycles. The zero-order valence-electron chi connectivity index (χ0n) is 12.9. The van der Waals surface area contributed by atoms with Crippen molar-refractivity contribution in [3.63, 3.8) is 0 Å². The Bertz CT molecular complexity index is 523. The lowest BCUT2D eigenvalue weighted by Crippen LogP contribution is -2.50. The number of nitrogens with zero attached hydrogens (tertiary/aromatic N) is 3. The lowest BCUT2D eigenvalue weighted by atomic mass is 10.0. The van der Waals surface area contributed by atoms with Gasteiger partial charge >= 0.3 is 0 Å². The van der Waals surface area contributed by atoms with E-state index in [1.807, 2.05) is 29.2 Å². The molecule has 4 heteroatoms. The summed E-state index contributed by atoms with van der Waals surface area (Å²) in [5, 5.41) is 9.18. The van der Waals surface area contributed by atoms with Crippen LogP contribution in [0.5, 0.6) is 0 Å². The minimum Gasteiger partial charge on any atom is -0.367 e. The van der Waals surface area contributed by atoms with Crippen molar-refractivity contribution in [2.24, 2.45) is 5.92 Å². The van der Waals surface area contributed by atoms with Gasteiger partial charge in [0.25, 0.3) is 0 Å².